The Kier molecular flexibility index (Phi) is 12.3. The van der Waals surface area contributed by atoms with Crippen LogP contribution in [0.1, 0.15) is 16.7 Å². The van der Waals surface area contributed by atoms with E-state index in [0.29, 0.717) is 52.9 Å². The molecular weight excluding hydrogens is 406 g/mol. The molecule has 2 aromatic carbocycles. The first-order valence-electron chi connectivity index (χ1n) is 11.2. The summed E-state index contributed by atoms with van der Waals surface area (Å²) in [6.45, 7) is 9.55. The van der Waals surface area contributed by atoms with Crippen LogP contribution < -0.4 is 4.74 Å². The molecule has 0 aromatic heterocycles. The molecule has 0 saturated carbocycles. The van der Waals surface area contributed by atoms with E-state index in [1.165, 1.54) is 27.8 Å². The van der Waals surface area contributed by atoms with Gasteiger partial charge in [-0.3, -0.25) is 0 Å². The van der Waals surface area contributed by atoms with Crippen LogP contribution in [0.3, 0.4) is 0 Å². The summed E-state index contributed by atoms with van der Waals surface area (Å²) < 4.78 is 27.4. The molecule has 6 nitrogen and oxygen atoms in total. The van der Waals surface area contributed by atoms with Crippen molar-refractivity contribution in [2.24, 2.45) is 0 Å². The van der Waals surface area contributed by atoms with Gasteiger partial charge in [0.05, 0.1) is 46.2 Å². The van der Waals surface area contributed by atoms with E-state index in [1.807, 2.05) is 0 Å². The van der Waals surface area contributed by atoms with E-state index in [-0.39, 0.29) is 0 Å². The van der Waals surface area contributed by atoms with E-state index in [0.717, 1.165) is 12.3 Å². The molecule has 2 aromatic rings. The summed E-state index contributed by atoms with van der Waals surface area (Å²) in [4.78, 5) is 2.16. The molecule has 0 unspecified atom stereocenters. The highest BCUT2D eigenvalue weighted by Crippen LogP contribution is 2.30. The Morgan fingerprint density at radius 3 is 1.97 bits per heavy atom. The standard InChI is InChI=1S/C26H39NO5/c1-21-6-7-22(2)26(16-21)24-17-23(20-27(3)4)18-25(19-24)32-15-14-31-13-12-30-11-10-29-9-8-28-5/h6-7,16-19H,8-15,20H2,1-5H3. The molecule has 0 N–H and O–H groups in total. The number of hydrogen-bond donors (Lipinski definition) is 0. The van der Waals surface area contributed by atoms with Gasteiger partial charge in [0.15, 0.2) is 0 Å². The van der Waals surface area contributed by atoms with E-state index in [2.05, 4.69) is 69.2 Å². The molecule has 0 saturated heterocycles. The number of aryl methyl sites for hydroxylation is 2. The summed E-state index contributed by atoms with van der Waals surface area (Å²) in [6, 6.07) is 13.0. The topological polar surface area (TPSA) is 49.4 Å². The Hall–Kier alpha value is -1.96. The van der Waals surface area contributed by atoms with Crippen LogP contribution in [0.15, 0.2) is 36.4 Å². The van der Waals surface area contributed by atoms with Crippen molar-refractivity contribution in [3.05, 3.63) is 53.1 Å². The molecule has 2 rings (SSSR count). The summed E-state index contributed by atoms with van der Waals surface area (Å²) >= 11 is 0. The van der Waals surface area contributed by atoms with Gasteiger partial charge in [-0.05, 0) is 68.4 Å². The Bertz CT molecular complexity index is 794. The van der Waals surface area contributed by atoms with Crippen molar-refractivity contribution in [1.29, 1.82) is 0 Å². The fourth-order valence-corrected chi connectivity index (χ4v) is 3.31. The first-order chi connectivity index (χ1) is 15.5. The predicted octanol–water partition coefficient (Wildman–Crippen LogP) is 4.11. The zero-order chi connectivity index (χ0) is 23.2. The van der Waals surface area contributed by atoms with Gasteiger partial charge in [0.1, 0.15) is 12.4 Å². The van der Waals surface area contributed by atoms with E-state index < -0.39 is 0 Å². The third kappa shape index (κ3) is 10.1. The molecule has 0 fully saturated rings. The van der Waals surface area contributed by atoms with E-state index in [4.69, 9.17) is 23.7 Å². The van der Waals surface area contributed by atoms with Gasteiger partial charge in [-0.15, -0.1) is 0 Å². The monoisotopic (exact) mass is 445 g/mol. The second-order valence-electron chi connectivity index (χ2n) is 8.10. The SMILES string of the molecule is COCCOCCOCCOCCOc1cc(CN(C)C)cc(-c2cc(C)ccc2C)c1. The minimum atomic E-state index is 0.498. The summed E-state index contributed by atoms with van der Waals surface area (Å²) in [7, 11) is 5.81. The van der Waals surface area contributed by atoms with Gasteiger partial charge < -0.3 is 28.6 Å². The normalized spacial score (nSPS) is 11.3. The van der Waals surface area contributed by atoms with Crippen molar-refractivity contribution < 1.29 is 23.7 Å². The zero-order valence-electron chi connectivity index (χ0n) is 20.3. The Morgan fingerprint density at radius 2 is 1.34 bits per heavy atom. The predicted molar refractivity (Wildman–Crippen MR) is 129 cm³/mol. The highest BCUT2D eigenvalue weighted by atomic mass is 16.6. The molecule has 0 amide bonds. The first-order valence-corrected chi connectivity index (χ1v) is 11.2. The van der Waals surface area contributed by atoms with Gasteiger partial charge in [-0.25, -0.2) is 0 Å². The number of ether oxygens (including phenoxy) is 5. The fourth-order valence-electron chi connectivity index (χ4n) is 3.31. The Labute approximate surface area is 193 Å². The van der Waals surface area contributed by atoms with Crippen molar-refractivity contribution in [3.8, 4) is 16.9 Å². The highest BCUT2D eigenvalue weighted by molar-refractivity contribution is 5.70. The maximum absolute atomic E-state index is 6.03. The van der Waals surface area contributed by atoms with Gasteiger partial charge in [0.2, 0.25) is 0 Å². The number of nitrogens with zero attached hydrogens (tertiary/aromatic N) is 1. The first kappa shape index (κ1) is 26.3. The van der Waals surface area contributed by atoms with Crippen molar-refractivity contribution in [3.63, 3.8) is 0 Å². The van der Waals surface area contributed by atoms with Gasteiger partial charge in [-0.2, -0.15) is 0 Å². The molecule has 0 aliphatic carbocycles. The third-order valence-electron chi connectivity index (χ3n) is 4.84. The molecule has 0 spiro atoms. The van der Waals surface area contributed by atoms with Gasteiger partial charge in [0.25, 0.3) is 0 Å². The average Bonchev–Trinajstić information content (AvgIpc) is 2.75. The van der Waals surface area contributed by atoms with E-state index in [1.54, 1.807) is 7.11 Å². The minimum absolute atomic E-state index is 0.498. The van der Waals surface area contributed by atoms with Crippen LogP contribution in [-0.2, 0) is 25.5 Å². The lowest BCUT2D eigenvalue weighted by Gasteiger charge is -2.16. The number of benzene rings is 2. The molecule has 0 atom stereocenters. The molecule has 0 aliphatic heterocycles. The second-order valence-corrected chi connectivity index (χ2v) is 8.10. The molecule has 178 valence electrons. The highest BCUT2D eigenvalue weighted by Gasteiger charge is 2.08. The summed E-state index contributed by atoms with van der Waals surface area (Å²) in [5, 5.41) is 0. The second kappa shape index (κ2) is 15.0. The lowest BCUT2D eigenvalue weighted by Crippen LogP contribution is -2.14. The van der Waals surface area contributed by atoms with Crippen LogP contribution >= 0.6 is 0 Å². The average molecular weight is 446 g/mol. The quantitative estimate of drug-likeness (QED) is 0.363. The van der Waals surface area contributed by atoms with E-state index in [9.17, 15) is 0 Å². The van der Waals surface area contributed by atoms with Crippen LogP contribution in [0.25, 0.3) is 11.1 Å². The van der Waals surface area contributed by atoms with Crippen molar-refractivity contribution in [2.45, 2.75) is 20.4 Å². The number of rotatable bonds is 16. The van der Waals surface area contributed by atoms with Crippen molar-refractivity contribution >= 4 is 0 Å². The largest absolute Gasteiger partial charge is 0.491 e. The van der Waals surface area contributed by atoms with Crippen molar-refractivity contribution in [1.82, 2.24) is 4.90 Å². The molecule has 0 heterocycles. The Morgan fingerprint density at radius 1 is 0.719 bits per heavy atom. The van der Waals surface area contributed by atoms with Crippen LogP contribution in [0.5, 0.6) is 5.75 Å². The Balaban J connectivity index is 1.80. The fraction of sp³-hybridized carbons (Fsp3) is 0.538. The molecule has 32 heavy (non-hydrogen) atoms. The molecule has 6 heteroatoms. The van der Waals surface area contributed by atoms with Gasteiger partial charge in [0, 0.05) is 13.7 Å². The molecule has 0 aliphatic rings. The van der Waals surface area contributed by atoms with Gasteiger partial charge in [-0.1, -0.05) is 23.8 Å². The van der Waals surface area contributed by atoms with Crippen LogP contribution in [-0.4, -0.2) is 79.0 Å². The summed E-state index contributed by atoms with van der Waals surface area (Å²) in [5.74, 6) is 0.869. The zero-order valence-corrected chi connectivity index (χ0v) is 20.3. The third-order valence-corrected chi connectivity index (χ3v) is 4.84. The van der Waals surface area contributed by atoms with Crippen LogP contribution in [0, 0.1) is 13.8 Å². The lowest BCUT2D eigenvalue weighted by atomic mass is 9.96. The molecular formula is C26H39NO5. The van der Waals surface area contributed by atoms with E-state index >= 15 is 0 Å². The maximum atomic E-state index is 6.03. The number of hydrogen-bond acceptors (Lipinski definition) is 6. The number of methoxy groups -OCH3 is 1. The van der Waals surface area contributed by atoms with Crippen molar-refractivity contribution in [2.75, 3.05) is 74.1 Å². The van der Waals surface area contributed by atoms with Gasteiger partial charge >= 0.3 is 0 Å². The minimum Gasteiger partial charge on any atom is -0.491 e. The van der Waals surface area contributed by atoms with Crippen LogP contribution in [0.4, 0.5) is 0 Å². The van der Waals surface area contributed by atoms with Crippen LogP contribution in [0.2, 0.25) is 0 Å². The molecule has 0 radical (unpaired) electrons. The molecule has 0 bridgehead atoms. The summed E-state index contributed by atoms with van der Waals surface area (Å²) in [6.07, 6.45) is 0. The summed E-state index contributed by atoms with van der Waals surface area (Å²) in [5.41, 5.74) is 6.17. The lowest BCUT2D eigenvalue weighted by molar-refractivity contribution is 0.000162. The maximum Gasteiger partial charge on any atom is 0.120 e. The smallest absolute Gasteiger partial charge is 0.120 e.